The number of pyridine rings is 1. The molecule has 138 valence electrons. The van der Waals surface area contributed by atoms with Crippen molar-refractivity contribution >= 4 is 21.6 Å². The van der Waals surface area contributed by atoms with Crippen LogP contribution in [0.25, 0.3) is 0 Å². The number of hydrogen-bond donors (Lipinski definition) is 3. The first-order valence-electron chi connectivity index (χ1n) is 8.10. The third-order valence-corrected chi connectivity index (χ3v) is 5.62. The molecule has 0 spiro atoms. The zero-order valence-corrected chi connectivity index (χ0v) is 14.8. The van der Waals surface area contributed by atoms with Crippen LogP contribution in [0.3, 0.4) is 0 Å². The standard InChI is InChI=1S/C17H20N4O4S/c18-16(11-22)17(23)21-7-5-12-3-4-15(8-13(12)10-21)26(24,25)20-14-2-1-6-19-9-14/h1-4,6,8-9,16,20,22H,5,7,10-11,18H2/t16-/m0/s1. The monoisotopic (exact) mass is 376 g/mol. The number of aromatic nitrogens is 1. The van der Waals surface area contributed by atoms with E-state index >= 15 is 0 Å². The number of sulfonamides is 1. The number of aliphatic hydroxyl groups excluding tert-OH is 1. The van der Waals surface area contributed by atoms with Gasteiger partial charge in [-0.05, 0) is 41.8 Å². The second kappa shape index (κ2) is 7.40. The number of anilines is 1. The van der Waals surface area contributed by atoms with Gasteiger partial charge in [-0.3, -0.25) is 14.5 Å². The van der Waals surface area contributed by atoms with Gasteiger partial charge in [0.15, 0.2) is 0 Å². The smallest absolute Gasteiger partial charge is 0.261 e. The number of amides is 1. The molecule has 0 fully saturated rings. The van der Waals surface area contributed by atoms with Crippen LogP contribution in [0.15, 0.2) is 47.6 Å². The Balaban J connectivity index is 1.83. The normalized spacial score (nSPS) is 15.2. The lowest BCUT2D eigenvalue weighted by molar-refractivity contribution is -0.134. The second-order valence-electron chi connectivity index (χ2n) is 6.08. The van der Waals surface area contributed by atoms with Crippen LogP contribution < -0.4 is 10.5 Å². The van der Waals surface area contributed by atoms with E-state index in [9.17, 15) is 13.2 Å². The Kier molecular flexibility index (Phi) is 5.21. The molecule has 0 radical (unpaired) electrons. The van der Waals surface area contributed by atoms with E-state index in [0.29, 0.717) is 18.7 Å². The first-order valence-corrected chi connectivity index (χ1v) is 9.59. The van der Waals surface area contributed by atoms with E-state index in [4.69, 9.17) is 10.8 Å². The van der Waals surface area contributed by atoms with Gasteiger partial charge in [0.1, 0.15) is 6.04 Å². The molecule has 0 bridgehead atoms. The summed E-state index contributed by atoms with van der Waals surface area (Å²) in [6.07, 6.45) is 3.58. The summed E-state index contributed by atoms with van der Waals surface area (Å²) in [5, 5.41) is 9.06. The van der Waals surface area contributed by atoms with Crippen molar-refractivity contribution < 1.29 is 18.3 Å². The number of fused-ring (bicyclic) bond motifs is 1. The zero-order valence-electron chi connectivity index (χ0n) is 14.0. The summed E-state index contributed by atoms with van der Waals surface area (Å²) in [5.41, 5.74) is 7.72. The summed E-state index contributed by atoms with van der Waals surface area (Å²) in [6.45, 7) is 0.323. The minimum atomic E-state index is -3.76. The predicted octanol–water partition coefficient (Wildman–Crippen LogP) is 0.0867. The van der Waals surface area contributed by atoms with Crippen molar-refractivity contribution in [3.05, 3.63) is 53.9 Å². The maximum Gasteiger partial charge on any atom is 0.261 e. The van der Waals surface area contributed by atoms with Crippen molar-refractivity contribution in [2.75, 3.05) is 17.9 Å². The van der Waals surface area contributed by atoms with E-state index < -0.39 is 22.7 Å². The molecule has 0 unspecified atom stereocenters. The molecule has 2 aromatic rings. The summed E-state index contributed by atoms with van der Waals surface area (Å²) >= 11 is 0. The molecule has 2 heterocycles. The van der Waals surface area contributed by atoms with Crippen LogP contribution in [-0.4, -0.2) is 48.5 Å². The topological polar surface area (TPSA) is 126 Å². The lowest BCUT2D eigenvalue weighted by atomic mass is 9.99. The Bertz CT molecular complexity index is 902. The summed E-state index contributed by atoms with van der Waals surface area (Å²) in [5.74, 6) is -0.347. The van der Waals surface area contributed by atoms with Crippen molar-refractivity contribution in [1.29, 1.82) is 0 Å². The maximum atomic E-state index is 12.6. The fourth-order valence-electron chi connectivity index (χ4n) is 2.84. The highest BCUT2D eigenvalue weighted by Crippen LogP contribution is 2.24. The molecule has 9 heteroatoms. The van der Waals surface area contributed by atoms with Gasteiger partial charge in [-0.1, -0.05) is 6.07 Å². The van der Waals surface area contributed by atoms with E-state index in [-0.39, 0.29) is 17.3 Å². The number of nitrogens with two attached hydrogens (primary N) is 1. The Morgan fingerprint density at radius 1 is 1.35 bits per heavy atom. The Hall–Kier alpha value is -2.49. The van der Waals surface area contributed by atoms with Gasteiger partial charge in [-0.2, -0.15) is 0 Å². The molecule has 1 aromatic carbocycles. The second-order valence-corrected chi connectivity index (χ2v) is 7.76. The summed E-state index contributed by atoms with van der Waals surface area (Å²) < 4.78 is 27.6. The largest absolute Gasteiger partial charge is 0.394 e. The van der Waals surface area contributed by atoms with Crippen molar-refractivity contribution in [2.24, 2.45) is 5.73 Å². The average Bonchev–Trinajstić information content (AvgIpc) is 2.66. The van der Waals surface area contributed by atoms with E-state index in [1.165, 1.54) is 11.1 Å². The number of carbonyl (C=O) groups is 1. The summed E-state index contributed by atoms with van der Waals surface area (Å²) in [7, 11) is -3.76. The molecule has 0 saturated heterocycles. The molecule has 1 aromatic heterocycles. The number of benzene rings is 1. The molecule has 8 nitrogen and oxygen atoms in total. The van der Waals surface area contributed by atoms with E-state index in [2.05, 4.69) is 9.71 Å². The Labute approximate surface area is 151 Å². The minimum absolute atomic E-state index is 0.112. The Morgan fingerprint density at radius 2 is 2.15 bits per heavy atom. The zero-order chi connectivity index (χ0) is 18.7. The molecule has 4 N–H and O–H groups in total. The molecule has 1 aliphatic rings. The number of nitrogens with one attached hydrogen (secondary N) is 1. The summed E-state index contributed by atoms with van der Waals surface area (Å²) in [4.78, 5) is 17.7. The van der Waals surface area contributed by atoms with E-state index in [1.807, 2.05) is 0 Å². The predicted molar refractivity (Wildman–Crippen MR) is 95.7 cm³/mol. The molecular formula is C17H20N4O4S. The van der Waals surface area contributed by atoms with Crippen molar-refractivity contribution in [1.82, 2.24) is 9.88 Å². The molecule has 26 heavy (non-hydrogen) atoms. The molecular weight excluding hydrogens is 356 g/mol. The SMILES string of the molecule is N[C@@H](CO)C(=O)N1CCc2ccc(S(=O)(=O)Nc3cccnc3)cc2C1. The Morgan fingerprint density at radius 3 is 2.85 bits per heavy atom. The van der Waals surface area contributed by atoms with E-state index in [0.717, 1.165) is 11.1 Å². The van der Waals surface area contributed by atoms with Gasteiger partial charge in [-0.25, -0.2) is 8.42 Å². The highest BCUT2D eigenvalue weighted by Gasteiger charge is 2.26. The highest BCUT2D eigenvalue weighted by atomic mass is 32.2. The van der Waals surface area contributed by atoms with Gasteiger partial charge in [0.25, 0.3) is 10.0 Å². The number of aliphatic hydroxyl groups is 1. The maximum absolute atomic E-state index is 12.6. The van der Waals surface area contributed by atoms with Crippen LogP contribution >= 0.6 is 0 Å². The van der Waals surface area contributed by atoms with Gasteiger partial charge in [0, 0.05) is 19.3 Å². The first kappa shape index (κ1) is 18.3. The highest BCUT2D eigenvalue weighted by molar-refractivity contribution is 7.92. The quantitative estimate of drug-likeness (QED) is 0.679. The van der Waals surface area contributed by atoms with Crippen molar-refractivity contribution in [3.63, 3.8) is 0 Å². The number of rotatable bonds is 5. The third kappa shape index (κ3) is 3.85. The number of nitrogens with zero attached hydrogens (tertiary/aromatic N) is 2. The first-order chi connectivity index (χ1) is 12.4. The van der Waals surface area contributed by atoms with Crippen molar-refractivity contribution in [2.45, 2.75) is 23.9 Å². The lowest BCUT2D eigenvalue weighted by Crippen LogP contribution is -2.47. The minimum Gasteiger partial charge on any atom is -0.394 e. The average molecular weight is 376 g/mol. The van der Waals surface area contributed by atoms with Gasteiger partial charge in [0.05, 0.1) is 23.4 Å². The summed E-state index contributed by atoms with van der Waals surface area (Å²) in [6, 6.07) is 7.17. The van der Waals surface area contributed by atoms with Gasteiger partial charge in [0.2, 0.25) is 5.91 Å². The molecule has 1 atom stereocenters. The lowest BCUT2D eigenvalue weighted by Gasteiger charge is -2.30. The van der Waals surface area contributed by atoms with Gasteiger partial charge >= 0.3 is 0 Å². The van der Waals surface area contributed by atoms with Crippen LogP contribution in [0, 0.1) is 0 Å². The molecule has 0 saturated carbocycles. The third-order valence-electron chi connectivity index (χ3n) is 4.24. The van der Waals surface area contributed by atoms with Crippen LogP contribution in [0.1, 0.15) is 11.1 Å². The number of carbonyl (C=O) groups excluding carboxylic acids is 1. The fraction of sp³-hybridized carbons (Fsp3) is 0.294. The van der Waals surface area contributed by atoms with Crippen molar-refractivity contribution in [3.8, 4) is 0 Å². The van der Waals surface area contributed by atoms with Crippen LogP contribution in [0.4, 0.5) is 5.69 Å². The number of hydrogen-bond acceptors (Lipinski definition) is 6. The molecule has 1 amide bonds. The molecule has 0 aliphatic carbocycles. The van der Waals surface area contributed by atoms with Gasteiger partial charge < -0.3 is 15.7 Å². The van der Waals surface area contributed by atoms with Crippen LogP contribution in [-0.2, 0) is 27.8 Å². The van der Waals surface area contributed by atoms with Gasteiger partial charge in [-0.15, -0.1) is 0 Å². The molecule has 3 rings (SSSR count). The van der Waals surface area contributed by atoms with Crippen LogP contribution in [0.5, 0.6) is 0 Å². The van der Waals surface area contributed by atoms with E-state index in [1.54, 1.807) is 36.5 Å². The fourth-order valence-corrected chi connectivity index (χ4v) is 3.93. The van der Waals surface area contributed by atoms with Crippen LogP contribution in [0.2, 0.25) is 0 Å². The molecule has 1 aliphatic heterocycles.